The summed E-state index contributed by atoms with van der Waals surface area (Å²) in [4.78, 5) is 16.8. The van der Waals surface area contributed by atoms with E-state index in [1.165, 1.54) is 11.8 Å². The average Bonchev–Trinajstić information content (AvgIpc) is 2.85. The van der Waals surface area contributed by atoms with Crippen molar-refractivity contribution in [3.8, 4) is 5.75 Å². The number of aromatic nitrogens is 2. The Hall–Kier alpha value is -2.97. The minimum atomic E-state index is -0.0906. The number of anilines is 3. The second-order valence-corrected chi connectivity index (χ2v) is 8.91. The standard InChI is InChI=1S/C24H26ClN5O2S/c1-2-32-21-8-6-19(7-9-21)26-23(31)17-33-24-11-10-22(27-28-24)30-14-12-29(13-15-30)20-5-3-4-18(25)16-20/h3-11,16H,2,12-15,17H2,1H3,(H,26,31). The molecule has 1 aliphatic rings. The second-order valence-electron chi connectivity index (χ2n) is 7.48. The zero-order valence-corrected chi connectivity index (χ0v) is 20.0. The predicted octanol–water partition coefficient (Wildman–Crippen LogP) is 4.59. The molecule has 1 amide bonds. The Morgan fingerprint density at radius 2 is 1.79 bits per heavy atom. The maximum atomic E-state index is 12.2. The fraction of sp³-hybridized carbons (Fsp3) is 0.292. The van der Waals surface area contributed by atoms with E-state index in [0.29, 0.717) is 6.61 Å². The molecule has 0 atom stereocenters. The highest BCUT2D eigenvalue weighted by Crippen LogP contribution is 2.23. The molecule has 1 aromatic heterocycles. The third-order valence-electron chi connectivity index (χ3n) is 5.20. The van der Waals surface area contributed by atoms with Crippen LogP contribution in [-0.4, -0.2) is 54.6 Å². The lowest BCUT2D eigenvalue weighted by atomic mass is 10.2. The van der Waals surface area contributed by atoms with E-state index in [1.807, 2.05) is 61.5 Å². The fourth-order valence-corrected chi connectivity index (χ4v) is 4.36. The van der Waals surface area contributed by atoms with Crippen molar-refractivity contribution in [2.24, 2.45) is 0 Å². The van der Waals surface area contributed by atoms with Crippen LogP contribution in [0.1, 0.15) is 6.92 Å². The van der Waals surface area contributed by atoms with E-state index in [1.54, 1.807) is 0 Å². The number of nitrogens with one attached hydrogen (secondary N) is 1. The van der Waals surface area contributed by atoms with E-state index >= 15 is 0 Å². The molecule has 0 aliphatic carbocycles. The monoisotopic (exact) mass is 483 g/mol. The van der Waals surface area contributed by atoms with E-state index in [9.17, 15) is 4.79 Å². The van der Waals surface area contributed by atoms with Gasteiger partial charge in [-0.2, -0.15) is 0 Å². The third kappa shape index (κ3) is 6.52. The van der Waals surface area contributed by atoms with Crippen LogP contribution in [0.5, 0.6) is 5.75 Å². The van der Waals surface area contributed by atoms with Gasteiger partial charge in [-0.1, -0.05) is 29.4 Å². The van der Waals surface area contributed by atoms with Crippen LogP contribution >= 0.6 is 23.4 Å². The van der Waals surface area contributed by atoms with Crippen molar-refractivity contribution >= 4 is 46.5 Å². The van der Waals surface area contributed by atoms with Gasteiger partial charge in [0.25, 0.3) is 0 Å². The van der Waals surface area contributed by atoms with Crippen molar-refractivity contribution in [1.29, 1.82) is 0 Å². The zero-order valence-electron chi connectivity index (χ0n) is 18.4. The Morgan fingerprint density at radius 1 is 1.03 bits per heavy atom. The molecule has 1 aliphatic heterocycles. The van der Waals surface area contributed by atoms with E-state index in [0.717, 1.165) is 59.2 Å². The molecular formula is C24H26ClN5O2S. The molecule has 1 N–H and O–H groups in total. The average molecular weight is 484 g/mol. The maximum absolute atomic E-state index is 12.2. The van der Waals surface area contributed by atoms with E-state index in [4.69, 9.17) is 16.3 Å². The van der Waals surface area contributed by atoms with Gasteiger partial charge < -0.3 is 19.9 Å². The number of benzene rings is 2. The number of nitrogens with zero attached hydrogens (tertiary/aromatic N) is 4. The summed E-state index contributed by atoms with van der Waals surface area (Å²) >= 11 is 7.48. The van der Waals surface area contributed by atoms with Crippen molar-refractivity contribution in [2.75, 3.05) is 53.7 Å². The number of carbonyl (C=O) groups is 1. The van der Waals surface area contributed by atoms with Gasteiger partial charge in [0, 0.05) is 42.6 Å². The molecule has 172 valence electrons. The van der Waals surface area contributed by atoms with Crippen LogP contribution in [0.4, 0.5) is 17.2 Å². The van der Waals surface area contributed by atoms with Crippen molar-refractivity contribution in [2.45, 2.75) is 11.9 Å². The summed E-state index contributed by atoms with van der Waals surface area (Å²) in [5.41, 5.74) is 1.88. The van der Waals surface area contributed by atoms with Gasteiger partial charge >= 0.3 is 0 Å². The Kier molecular flexibility index (Phi) is 7.91. The summed E-state index contributed by atoms with van der Waals surface area (Å²) in [5, 5.41) is 13.0. The summed E-state index contributed by atoms with van der Waals surface area (Å²) in [5.74, 6) is 1.81. The number of piperazine rings is 1. The topological polar surface area (TPSA) is 70.6 Å². The highest BCUT2D eigenvalue weighted by molar-refractivity contribution is 7.99. The van der Waals surface area contributed by atoms with Gasteiger partial charge in [0.1, 0.15) is 10.8 Å². The summed E-state index contributed by atoms with van der Waals surface area (Å²) in [7, 11) is 0. The molecule has 2 heterocycles. The normalized spacial score (nSPS) is 13.6. The smallest absolute Gasteiger partial charge is 0.234 e. The molecule has 0 bridgehead atoms. The van der Waals surface area contributed by atoms with Crippen LogP contribution in [0, 0.1) is 0 Å². The first kappa shape index (κ1) is 23.2. The van der Waals surface area contributed by atoms with Gasteiger partial charge in [-0.25, -0.2) is 0 Å². The van der Waals surface area contributed by atoms with Crippen molar-refractivity contribution in [1.82, 2.24) is 10.2 Å². The SMILES string of the molecule is CCOc1ccc(NC(=O)CSc2ccc(N3CCN(c4cccc(Cl)c4)CC3)nn2)cc1. The summed E-state index contributed by atoms with van der Waals surface area (Å²) < 4.78 is 5.41. The van der Waals surface area contributed by atoms with Gasteiger partial charge in [-0.3, -0.25) is 4.79 Å². The number of amides is 1. The lowest BCUT2D eigenvalue weighted by molar-refractivity contribution is -0.113. The van der Waals surface area contributed by atoms with Gasteiger partial charge in [0.05, 0.1) is 12.4 Å². The van der Waals surface area contributed by atoms with Gasteiger partial charge in [-0.05, 0) is 61.5 Å². The van der Waals surface area contributed by atoms with Crippen LogP contribution in [0.2, 0.25) is 5.02 Å². The number of ether oxygens (including phenoxy) is 1. The van der Waals surface area contributed by atoms with Crippen LogP contribution in [-0.2, 0) is 4.79 Å². The number of carbonyl (C=O) groups excluding carboxylic acids is 1. The molecule has 0 radical (unpaired) electrons. The Morgan fingerprint density at radius 3 is 2.45 bits per heavy atom. The van der Waals surface area contributed by atoms with Crippen LogP contribution in [0.15, 0.2) is 65.7 Å². The first-order valence-electron chi connectivity index (χ1n) is 10.9. The number of hydrogen-bond donors (Lipinski definition) is 1. The third-order valence-corrected chi connectivity index (χ3v) is 6.36. The molecule has 9 heteroatoms. The minimum Gasteiger partial charge on any atom is -0.494 e. The van der Waals surface area contributed by atoms with Gasteiger partial charge in [0.15, 0.2) is 5.82 Å². The van der Waals surface area contributed by atoms with E-state index in [2.05, 4.69) is 31.4 Å². The van der Waals surface area contributed by atoms with Crippen LogP contribution in [0.3, 0.4) is 0 Å². The highest BCUT2D eigenvalue weighted by Gasteiger charge is 2.19. The minimum absolute atomic E-state index is 0.0906. The van der Waals surface area contributed by atoms with Crippen LogP contribution < -0.4 is 19.9 Å². The Bertz CT molecular complexity index is 1060. The highest BCUT2D eigenvalue weighted by atomic mass is 35.5. The maximum Gasteiger partial charge on any atom is 0.234 e. The number of hydrogen-bond acceptors (Lipinski definition) is 7. The van der Waals surface area contributed by atoms with E-state index in [-0.39, 0.29) is 11.7 Å². The summed E-state index contributed by atoms with van der Waals surface area (Å²) in [6.07, 6.45) is 0. The number of rotatable bonds is 8. The van der Waals surface area contributed by atoms with Crippen molar-refractivity contribution in [3.63, 3.8) is 0 Å². The molecule has 0 saturated carbocycles. The molecule has 2 aromatic carbocycles. The molecule has 0 unspecified atom stereocenters. The Balaban J connectivity index is 1.23. The largest absolute Gasteiger partial charge is 0.494 e. The fourth-order valence-electron chi connectivity index (χ4n) is 3.56. The predicted molar refractivity (Wildman–Crippen MR) is 135 cm³/mol. The second kappa shape index (κ2) is 11.2. The van der Waals surface area contributed by atoms with Crippen molar-refractivity contribution < 1.29 is 9.53 Å². The summed E-state index contributed by atoms with van der Waals surface area (Å²) in [6, 6.07) is 19.2. The lowest BCUT2D eigenvalue weighted by Crippen LogP contribution is -2.46. The van der Waals surface area contributed by atoms with Crippen LogP contribution in [0.25, 0.3) is 0 Å². The molecule has 33 heavy (non-hydrogen) atoms. The van der Waals surface area contributed by atoms with Gasteiger partial charge in [-0.15, -0.1) is 10.2 Å². The molecule has 3 aromatic rings. The quantitative estimate of drug-likeness (QED) is 0.470. The van der Waals surface area contributed by atoms with E-state index < -0.39 is 0 Å². The number of thioether (sulfide) groups is 1. The van der Waals surface area contributed by atoms with Gasteiger partial charge in [0.2, 0.25) is 5.91 Å². The molecular weight excluding hydrogens is 458 g/mol. The van der Waals surface area contributed by atoms with Crippen molar-refractivity contribution in [3.05, 3.63) is 65.7 Å². The molecule has 1 saturated heterocycles. The molecule has 1 fully saturated rings. The molecule has 4 rings (SSSR count). The molecule has 7 nitrogen and oxygen atoms in total. The molecule has 0 spiro atoms. The first-order valence-corrected chi connectivity index (χ1v) is 12.2. The first-order chi connectivity index (χ1) is 16.1. The lowest BCUT2D eigenvalue weighted by Gasteiger charge is -2.36. The number of halogens is 1. The summed E-state index contributed by atoms with van der Waals surface area (Å²) in [6.45, 7) is 6.05. The zero-order chi connectivity index (χ0) is 23.0. The Labute approximate surface area is 203 Å².